The highest BCUT2D eigenvalue weighted by atomic mass is 32.2. The molecule has 26 heavy (non-hydrogen) atoms. The van der Waals surface area contributed by atoms with Crippen LogP contribution < -0.4 is 10.3 Å². The fraction of sp³-hybridized carbons (Fsp3) is 0.263. The van der Waals surface area contributed by atoms with Gasteiger partial charge in [0, 0.05) is 5.69 Å². The number of hydrogen-bond acceptors (Lipinski definition) is 4. The van der Waals surface area contributed by atoms with Gasteiger partial charge in [-0.25, -0.2) is 13.1 Å². The van der Waals surface area contributed by atoms with Crippen LogP contribution in [0.15, 0.2) is 46.6 Å². The van der Waals surface area contributed by atoms with Crippen molar-refractivity contribution >= 4 is 22.0 Å². The van der Waals surface area contributed by atoms with Crippen LogP contribution >= 0.6 is 0 Å². The number of nitrogens with one attached hydrogen (secondary N) is 2. The molecule has 2 aromatic rings. The normalized spacial score (nSPS) is 14.6. The van der Waals surface area contributed by atoms with E-state index in [1.807, 2.05) is 10.8 Å². The Bertz CT molecular complexity index is 992. The first-order valence-corrected chi connectivity index (χ1v) is 10.0. The fourth-order valence-corrected chi connectivity index (χ4v) is 3.74. The first kappa shape index (κ1) is 18.1. The van der Waals surface area contributed by atoms with Gasteiger partial charge in [0.25, 0.3) is 21.5 Å². The van der Waals surface area contributed by atoms with E-state index in [9.17, 15) is 18.0 Å². The third-order valence-electron chi connectivity index (χ3n) is 4.31. The fourth-order valence-electron chi connectivity index (χ4n) is 2.97. The number of aromatic nitrogens is 1. The number of pyridine rings is 1. The summed E-state index contributed by atoms with van der Waals surface area (Å²) in [6.07, 6.45) is 5.97. The van der Waals surface area contributed by atoms with Gasteiger partial charge < -0.3 is 4.98 Å². The zero-order valence-electron chi connectivity index (χ0n) is 14.2. The van der Waals surface area contributed by atoms with E-state index in [4.69, 9.17) is 0 Å². The second-order valence-electron chi connectivity index (χ2n) is 6.27. The van der Waals surface area contributed by atoms with Crippen molar-refractivity contribution in [2.24, 2.45) is 0 Å². The van der Waals surface area contributed by atoms with Gasteiger partial charge in [0.1, 0.15) is 5.56 Å². The zero-order chi connectivity index (χ0) is 18.6. The Kier molecular flexibility index (Phi) is 5.37. The predicted octanol–water partition coefficient (Wildman–Crippen LogP) is 2.37. The van der Waals surface area contributed by atoms with Crippen molar-refractivity contribution in [2.45, 2.75) is 32.1 Å². The minimum absolute atomic E-state index is 0.178. The Morgan fingerprint density at radius 1 is 1.08 bits per heavy atom. The molecule has 7 heteroatoms. The third-order valence-corrected chi connectivity index (χ3v) is 5.27. The lowest BCUT2D eigenvalue weighted by molar-refractivity contribution is 0.0980. The van der Waals surface area contributed by atoms with Gasteiger partial charge in [0.05, 0.1) is 5.41 Å². The van der Waals surface area contributed by atoms with Crippen molar-refractivity contribution in [2.75, 3.05) is 0 Å². The zero-order valence-corrected chi connectivity index (χ0v) is 15.0. The van der Waals surface area contributed by atoms with E-state index in [0.717, 1.165) is 48.8 Å². The highest BCUT2D eigenvalue weighted by Gasteiger charge is 2.19. The summed E-state index contributed by atoms with van der Waals surface area (Å²) in [7, 11) is -4.01. The number of benzene rings is 1. The summed E-state index contributed by atoms with van der Waals surface area (Å²) in [6.45, 7) is 0. The van der Waals surface area contributed by atoms with Crippen LogP contribution in [-0.4, -0.2) is 19.3 Å². The smallest absolute Gasteiger partial charge is 0.270 e. The SMILES string of the molecule is O=C(NS(=O)(=O)/C=C/c1ccccc1)c1cc2c([nH]c1=O)CCCCC2. The summed E-state index contributed by atoms with van der Waals surface area (Å²) >= 11 is 0. The molecule has 0 radical (unpaired) electrons. The summed E-state index contributed by atoms with van der Waals surface area (Å²) in [5.74, 6) is -0.920. The molecule has 0 unspecified atom stereocenters. The average Bonchev–Trinajstić information content (AvgIpc) is 2.84. The molecule has 1 amide bonds. The van der Waals surface area contributed by atoms with Crippen molar-refractivity contribution in [1.82, 2.24) is 9.71 Å². The number of rotatable bonds is 4. The molecule has 1 heterocycles. The number of carbonyl (C=O) groups is 1. The number of hydrogen-bond donors (Lipinski definition) is 2. The van der Waals surface area contributed by atoms with Gasteiger partial charge in [0.2, 0.25) is 0 Å². The maximum absolute atomic E-state index is 12.3. The second-order valence-corrected chi connectivity index (χ2v) is 7.83. The number of amides is 1. The van der Waals surface area contributed by atoms with E-state index in [0.29, 0.717) is 5.56 Å². The lowest BCUT2D eigenvalue weighted by Crippen LogP contribution is -2.33. The molecule has 3 rings (SSSR count). The van der Waals surface area contributed by atoms with Gasteiger partial charge in [0.15, 0.2) is 0 Å². The van der Waals surface area contributed by atoms with Crippen molar-refractivity contribution < 1.29 is 13.2 Å². The maximum Gasteiger partial charge on any atom is 0.270 e. The first-order valence-electron chi connectivity index (χ1n) is 8.50. The molecule has 0 atom stereocenters. The molecule has 2 N–H and O–H groups in total. The van der Waals surface area contributed by atoms with Crippen LogP contribution in [0.1, 0.15) is 46.4 Å². The summed E-state index contributed by atoms with van der Waals surface area (Å²) in [4.78, 5) is 27.2. The Hall–Kier alpha value is -2.67. The van der Waals surface area contributed by atoms with Crippen LogP contribution in [0, 0.1) is 0 Å². The van der Waals surface area contributed by atoms with E-state index in [-0.39, 0.29) is 5.56 Å². The number of fused-ring (bicyclic) bond motifs is 1. The highest BCUT2D eigenvalue weighted by molar-refractivity contribution is 7.93. The molecule has 1 aliphatic carbocycles. The number of aromatic amines is 1. The first-order chi connectivity index (χ1) is 12.4. The largest absolute Gasteiger partial charge is 0.325 e. The molecule has 1 aliphatic rings. The van der Waals surface area contributed by atoms with Gasteiger partial charge in [-0.1, -0.05) is 36.8 Å². The molecule has 1 aromatic carbocycles. The van der Waals surface area contributed by atoms with Crippen LogP contribution in [0.25, 0.3) is 6.08 Å². The van der Waals surface area contributed by atoms with Crippen LogP contribution in [0.4, 0.5) is 0 Å². The molecule has 0 saturated heterocycles. The van der Waals surface area contributed by atoms with Gasteiger partial charge in [-0.05, 0) is 49.0 Å². The molecule has 6 nitrogen and oxygen atoms in total. The number of aryl methyl sites for hydroxylation is 2. The second kappa shape index (κ2) is 7.70. The minimum atomic E-state index is -4.01. The Balaban J connectivity index is 1.80. The monoisotopic (exact) mass is 372 g/mol. The molecule has 0 bridgehead atoms. The summed E-state index contributed by atoms with van der Waals surface area (Å²) < 4.78 is 26.2. The van der Waals surface area contributed by atoms with Crippen molar-refractivity contribution in [3.63, 3.8) is 0 Å². The van der Waals surface area contributed by atoms with E-state index in [1.165, 1.54) is 12.1 Å². The summed E-state index contributed by atoms with van der Waals surface area (Å²) in [6, 6.07) is 10.4. The Morgan fingerprint density at radius 2 is 1.81 bits per heavy atom. The lowest BCUT2D eigenvalue weighted by Gasteiger charge is -2.08. The minimum Gasteiger partial charge on any atom is -0.325 e. The number of sulfonamides is 1. The Morgan fingerprint density at radius 3 is 2.58 bits per heavy atom. The molecule has 0 saturated carbocycles. The van der Waals surface area contributed by atoms with Crippen LogP contribution in [0.2, 0.25) is 0 Å². The summed E-state index contributed by atoms with van der Waals surface area (Å²) in [5, 5.41) is 0.915. The van der Waals surface area contributed by atoms with E-state index in [2.05, 4.69) is 4.98 Å². The van der Waals surface area contributed by atoms with Crippen LogP contribution in [-0.2, 0) is 22.9 Å². The van der Waals surface area contributed by atoms with Gasteiger partial charge >= 0.3 is 0 Å². The predicted molar refractivity (Wildman–Crippen MR) is 100 cm³/mol. The van der Waals surface area contributed by atoms with Gasteiger partial charge in [-0.15, -0.1) is 0 Å². The topological polar surface area (TPSA) is 96.1 Å². The van der Waals surface area contributed by atoms with Crippen molar-refractivity contribution in [1.29, 1.82) is 0 Å². The number of H-pyrrole nitrogens is 1. The molecular formula is C19H20N2O4S. The van der Waals surface area contributed by atoms with E-state index < -0.39 is 21.5 Å². The molecular weight excluding hydrogens is 352 g/mol. The lowest BCUT2D eigenvalue weighted by atomic mass is 10.1. The average molecular weight is 372 g/mol. The summed E-state index contributed by atoms with van der Waals surface area (Å²) in [5.41, 5.74) is 1.70. The number of carbonyl (C=O) groups excluding carboxylic acids is 1. The molecule has 0 aliphatic heterocycles. The van der Waals surface area contributed by atoms with Crippen molar-refractivity contribution in [3.05, 3.63) is 74.5 Å². The Labute approximate surface area is 152 Å². The molecule has 136 valence electrons. The molecule has 0 fully saturated rings. The molecule has 1 aromatic heterocycles. The third kappa shape index (κ3) is 4.49. The highest BCUT2D eigenvalue weighted by Crippen LogP contribution is 2.18. The van der Waals surface area contributed by atoms with E-state index in [1.54, 1.807) is 24.3 Å². The van der Waals surface area contributed by atoms with Crippen molar-refractivity contribution in [3.8, 4) is 0 Å². The maximum atomic E-state index is 12.3. The standard InChI is InChI=1S/C19H20N2O4S/c22-18-16(13-15-9-5-2-6-10-17(15)20-18)19(23)21-26(24,25)12-11-14-7-3-1-4-8-14/h1,3-4,7-8,11-13H,2,5-6,9-10H2,(H,20,22)(H,21,23)/b12-11+. The quantitative estimate of drug-likeness (QED) is 0.806. The van der Waals surface area contributed by atoms with Crippen LogP contribution in [0.3, 0.4) is 0 Å². The van der Waals surface area contributed by atoms with Gasteiger partial charge in [-0.2, -0.15) is 0 Å². The molecule has 0 spiro atoms. The van der Waals surface area contributed by atoms with E-state index >= 15 is 0 Å². The van der Waals surface area contributed by atoms with Gasteiger partial charge in [-0.3, -0.25) is 9.59 Å². The van der Waals surface area contributed by atoms with Crippen LogP contribution in [0.5, 0.6) is 0 Å².